The van der Waals surface area contributed by atoms with E-state index >= 15 is 0 Å². The minimum atomic E-state index is -0.750. The number of nitrogens with one attached hydrogen (secondary N) is 1. The van der Waals surface area contributed by atoms with E-state index in [-0.39, 0.29) is 17.9 Å². The normalized spacial score (nSPS) is 10.4. The summed E-state index contributed by atoms with van der Waals surface area (Å²) in [6.07, 6.45) is 0. The number of rotatable bonds is 5. The number of halogens is 1. The van der Waals surface area contributed by atoms with E-state index in [1.807, 2.05) is 30.3 Å². The molecule has 0 spiro atoms. The Morgan fingerprint density at radius 1 is 1.16 bits per heavy atom. The molecule has 2 aromatic carbocycles. The van der Waals surface area contributed by atoms with E-state index in [0.29, 0.717) is 10.6 Å². The van der Waals surface area contributed by atoms with E-state index in [1.54, 1.807) is 24.3 Å². The largest absolute Gasteiger partial charge is 0.427 e. The van der Waals surface area contributed by atoms with E-state index in [1.165, 1.54) is 0 Å². The third-order valence-electron chi connectivity index (χ3n) is 3.48. The third kappa shape index (κ3) is 3.67. The Bertz CT molecular complexity index is 907. The Labute approximate surface area is 147 Å². The summed E-state index contributed by atoms with van der Waals surface area (Å²) in [5.74, 6) is -1.24. The Kier molecular flexibility index (Phi) is 4.76. The maximum atomic E-state index is 12.5. The molecule has 0 bridgehead atoms. The molecule has 0 unspecified atom stereocenters. The molecule has 0 radical (unpaired) electrons. The van der Waals surface area contributed by atoms with Crippen LogP contribution in [0.4, 0.5) is 5.82 Å². The zero-order chi connectivity index (χ0) is 17.8. The fourth-order valence-corrected chi connectivity index (χ4v) is 2.40. The second kappa shape index (κ2) is 7.14. The van der Waals surface area contributed by atoms with Gasteiger partial charge >= 0.3 is 5.82 Å². The molecule has 126 valence electrons. The van der Waals surface area contributed by atoms with Crippen molar-refractivity contribution in [3.63, 3.8) is 0 Å². The third-order valence-corrected chi connectivity index (χ3v) is 3.73. The standard InChI is InChI=1S/C17H12ClN3O4/c18-13-8-6-12(7-9-13)15-14(16(20-25-15)21(23)24)17(22)19-10-11-4-2-1-3-5-11/h1-9H,10H2,(H,19,22). The van der Waals surface area contributed by atoms with Crippen LogP contribution in [0.15, 0.2) is 59.1 Å². The first kappa shape index (κ1) is 16.7. The maximum absolute atomic E-state index is 12.5. The maximum Gasteiger partial charge on any atom is 0.427 e. The first-order valence-corrected chi connectivity index (χ1v) is 7.66. The van der Waals surface area contributed by atoms with Gasteiger partial charge in [-0.1, -0.05) is 41.9 Å². The molecule has 3 rings (SSSR count). The number of nitrogens with zero attached hydrogens (tertiary/aromatic N) is 2. The van der Waals surface area contributed by atoms with Gasteiger partial charge in [-0.05, 0) is 34.8 Å². The molecule has 25 heavy (non-hydrogen) atoms. The second-order valence-electron chi connectivity index (χ2n) is 5.14. The predicted octanol–water partition coefficient (Wildman–Crippen LogP) is 3.83. The van der Waals surface area contributed by atoms with Crippen molar-refractivity contribution in [2.24, 2.45) is 0 Å². The average molecular weight is 358 g/mol. The summed E-state index contributed by atoms with van der Waals surface area (Å²) in [5.41, 5.74) is 1.11. The zero-order valence-corrected chi connectivity index (χ0v) is 13.6. The van der Waals surface area contributed by atoms with Gasteiger partial charge in [-0.3, -0.25) is 9.32 Å². The van der Waals surface area contributed by atoms with Gasteiger partial charge in [0.05, 0.1) is 0 Å². The number of hydrogen-bond acceptors (Lipinski definition) is 5. The predicted molar refractivity (Wildman–Crippen MR) is 91.2 cm³/mol. The monoisotopic (exact) mass is 357 g/mol. The van der Waals surface area contributed by atoms with Crippen LogP contribution >= 0.6 is 11.6 Å². The molecule has 1 N–H and O–H groups in total. The first-order chi connectivity index (χ1) is 12.1. The highest BCUT2D eigenvalue weighted by Gasteiger charge is 2.32. The summed E-state index contributed by atoms with van der Waals surface area (Å²) < 4.78 is 5.06. The van der Waals surface area contributed by atoms with E-state index in [9.17, 15) is 14.9 Å². The van der Waals surface area contributed by atoms with Gasteiger partial charge in [-0.15, -0.1) is 0 Å². The summed E-state index contributed by atoms with van der Waals surface area (Å²) in [6, 6.07) is 15.6. The second-order valence-corrected chi connectivity index (χ2v) is 5.58. The number of hydrogen-bond donors (Lipinski definition) is 1. The van der Waals surface area contributed by atoms with Crippen LogP contribution in [0.2, 0.25) is 5.02 Å². The van der Waals surface area contributed by atoms with Crippen LogP contribution < -0.4 is 5.32 Å². The number of benzene rings is 2. The van der Waals surface area contributed by atoms with Crippen LogP contribution in [0.5, 0.6) is 0 Å². The van der Waals surface area contributed by atoms with Crippen molar-refractivity contribution in [2.75, 3.05) is 0 Å². The molecule has 3 aromatic rings. The van der Waals surface area contributed by atoms with Crippen molar-refractivity contribution >= 4 is 23.3 Å². The summed E-state index contributed by atoms with van der Waals surface area (Å²) in [7, 11) is 0. The fourth-order valence-electron chi connectivity index (χ4n) is 2.28. The fraction of sp³-hybridized carbons (Fsp3) is 0.0588. The number of aromatic nitrogens is 1. The van der Waals surface area contributed by atoms with Crippen molar-refractivity contribution in [3.8, 4) is 11.3 Å². The molecule has 0 saturated heterocycles. The molecule has 0 aliphatic carbocycles. The lowest BCUT2D eigenvalue weighted by atomic mass is 10.1. The lowest BCUT2D eigenvalue weighted by Gasteiger charge is -2.05. The highest BCUT2D eigenvalue weighted by atomic mass is 35.5. The van der Waals surface area contributed by atoms with E-state index in [0.717, 1.165) is 5.56 Å². The topological polar surface area (TPSA) is 98.3 Å². The molecule has 0 atom stereocenters. The lowest BCUT2D eigenvalue weighted by Crippen LogP contribution is -2.23. The molecule has 0 aliphatic heterocycles. The van der Waals surface area contributed by atoms with Crippen LogP contribution in [-0.2, 0) is 6.54 Å². The molecule has 1 amide bonds. The molecular weight excluding hydrogens is 346 g/mol. The van der Waals surface area contributed by atoms with Crippen LogP contribution in [0.3, 0.4) is 0 Å². The van der Waals surface area contributed by atoms with Crippen LogP contribution in [0.1, 0.15) is 15.9 Å². The molecule has 0 aliphatic rings. The van der Waals surface area contributed by atoms with Crippen LogP contribution in [0, 0.1) is 10.1 Å². The molecule has 8 heteroatoms. The molecule has 0 saturated carbocycles. The van der Waals surface area contributed by atoms with Crippen molar-refractivity contribution in [2.45, 2.75) is 6.54 Å². The molecule has 7 nitrogen and oxygen atoms in total. The minimum absolute atomic E-state index is 0.0222. The zero-order valence-electron chi connectivity index (χ0n) is 12.8. The van der Waals surface area contributed by atoms with Crippen LogP contribution in [0.25, 0.3) is 11.3 Å². The van der Waals surface area contributed by atoms with E-state index in [4.69, 9.17) is 16.1 Å². The van der Waals surface area contributed by atoms with Gasteiger partial charge in [-0.2, -0.15) is 0 Å². The van der Waals surface area contributed by atoms with Crippen LogP contribution in [-0.4, -0.2) is 16.0 Å². The smallest absolute Gasteiger partial charge is 0.358 e. The molecule has 0 fully saturated rings. The van der Waals surface area contributed by atoms with Crippen molar-refractivity contribution < 1.29 is 14.2 Å². The Hall–Kier alpha value is -3.19. The minimum Gasteiger partial charge on any atom is -0.358 e. The van der Waals surface area contributed by atoms with Crippen molar-refractivity contribution in [1.29, 1.82) is 0 Å². The SMILES string of the molecule is O=C(NCc1ccccc1)c1c([N+](=O)[O-])noc1-c1ccc(Cl)cc1. The van der Waals surface area contributed by atoms with Gasteiger partial charge in [0, 0.05) is 17.1 Å². The number of carbonyl (C=O) groups excluding carboxylic acids is 1. The van der Waals surface area contributed by atoms with Gasteiger partial charge in [0.15, 0.2) is 10.7 Å². The van der Waals surface area contributed by atoms with Gasteiger partial charge in [0.1, 0.15) is 0 Å². The van der Waals surface area contributed by atoms with Gasteiger partial charge in [-0.25, -0.2) is 0 Å². The van der Waals surface area contributed by atoms with Gasteiger partial charge in [0.2, 0.25) is 5.76 Å². The van der Waals surface area contributed by atoms with Gasteiger partial charge < -0.3 is 15.4 Å². The summed E-state index contributed by atoms with van der Waals surface area (Å²) >= 11 is 5.84. The Balaban J connectivity index is 1.92. The molecule has 1 heterocycles. The number of carbonyl (C=O) groups is 1. The number of nitro groups is 1. The van der Waals surface area contributed by atoms with Crippen molar-refractivity contribution in [3.05, 3.63) is 80.9 Å². The number of amides is 1. The quantitative estimate of drug-likeness (QED) is 0.552. The average Bonchev–Trinajstić information content (AvgIpc) is 3.06. The van der Waals surface area contributed by atoms with E-state index in [2.05, 4.69) is 10.5 Å². The van der Waals surface area contributed by atoms with E-state index < -0.39 is 16.6 Å². The highest BCUT2D eigenvalue weighted by Crippen LogP contribution is 2.31. The Morgan fingerprint density at radius 2 is 1.84 bits per heavy atom. The van der Waals surface area contributed by atoms with Crippen molar-refractivity contribution in [1.82, 2.24) is 10.5 Å². The highest BCUT2D eigenvalue weighted by molar-refractivity contribution is 6.30. The molecular formula is C17H12ClN3O4. The first-order valence-electron chi connectivity index (χ1n) is 7.28. The van der Waals surface area contributed by atoms with Gasteiger partial charge in [0.25, 0.3) is 5.91 Å². The summed E-state index contributed by atoms with van der Waals surface area (Å²) in [6.45, 7) is 0.224. The lowest BCUT2D eigenvalue weighted by molar-refractivity contribution is -0.391. The summed E-state index contributed by atoms with van der Waals surface area (Å²) in [4.78, 5) is 23.0. The molecule has 1 aromatic heterocycles. The Morgan fingerprint density at radius 3 is 2.48 bits per heavy atom. The summed E-state index contributed by atoms with van der Waals surface area (Å²) in [5, 5.41) is 17.7.